The molecule has 0 radical (unpaired) electrons. The molecule has 0 aromatic carbocycles. The van der Waals surface area contributed by atoms with E-state index >= 15 is 0 Å². The number of nitrogens with zero attached hydrogens (tertiary/aromatic N) is 2. The van der Waals surface area contributed by atoms with Crippen LogP contribution in [0.2, 0.25) is 0 Å². The second kappa shape index (κ2) is 5.07. The van der Waals surface area contributed by atoms with Gasteiger partial charge in [-0.25, -0.2) is 0 Å². The molecule has 1 aliphatic heterocycles. The molecule has 0 aromatic rings. The van der Waals surface area contributed by atoms with Gasteiger partial charge < -0.3 is 9.80 Å². The largest absolute Gasteiger partial charge is 0.305 e. The van der Waals surface area contributed by atoms with Crippen molar-refractivity contribution >= 4 is 12.6 Å². The second-order valence-corrected chi connectivity index (χ2v) is 5.76. The smallest absolute Gasteiger partial charge is 0.0109 e. The fourth-order valence-corrected chi connectivity index (χ4v) is 2.93. The molecular weight excluding hydrogens is 204 g/mol. The SMILES string of the molecule is CN(CCN1CCCC1)CC1(CS)CC1. The Morgan fingerprint density at radius 1 is 1.27 bits per heavy atom. The Kier molecular flexibility index (Phi) is 3.97. The maximum atomic E-state index is 4.46. The van der Waals surface area contributed by atoms with Gasteiger partial charge in [-0.3, -0.25) is 0 Å². The van der Waals surface area contributed by atoms with Crippen molar-refractivity contribution in [1.82, 2.24) is 9.80 Å². The van der Waals surface area contributed by atoms with Crippen molar-refractivity contribution < 1.29 is 0 Å². The van der Waals surface area contributed by atoms with Crippen molar-refractivity contribution in [2.75, 3.05) is 45.5 Å². The van der Waals surface area contributed by atoms with Crippen molar-refractivity contribution in [3.63, 3.8) is 0 Å². The van der Waals surface area contributed by atoms with Crippen LogP contribution < -0.4 is 0 Å². The summed E-state index contributed by atoms with van der Waals surface area (Å²) in [4.78, 5) is 5.10. The van der Waals surface area contributed by atoms with Gasteiger partial charge in [-0.1, -0.05) is 0 Å². The molecule has 0 unspecified atom stereocenters. The first kappa shape index (κ1) is 11.7. The molecule has 2 nitrogen and oxygen atoms in total. The molecule has 1 saturated heterocycles. The highest BCUT2D eigenvalue weighted by molar-refractivity contribution is 7.80. The lowest BCUT2D eigenvalue weighted by atomic mass is 10.1. The predicted molar refractivity (Wildman–Crippen MR) is 68.7 cm³/mol. The topological polar surface area (TPSA) is 6.48 Å². The predicted octanol–water partition coefficient (Wildman–Crippen LogP) is 1.72. The second-order valence-electron chi connectivity index (χ2n) is 5.44. The van der Waals surface area contributed by atoms with E-state index in [-0.39, 0.29) is 0 Å². The number of likely N-dealkylation sites (tertiary alicyclic amines) is 1. The minimum Gasteiger partial charge on any atom is -0.305 e. The molecule has 1 saturated carbocycles. The van der Waals surface area contributed by atoms with Crippen LogP contribution in [0.1, 0.15) is 25.7 Å². The quantitative estimate of drug-likeness (QED) is 0.692. The molecular formula is C12H24N2S. The summed E-state index contributed by atoms with van der Waals surface area (Å²) in [5.74, 6) is 1.07. The van der Waals surface area contributed by atoms with Crippen LogP contribution in [0.5, 0.6) is 0 Å². The van der Waals surface area contributed by atoms with E-state index in [9.17, 15) is 0 Å². The summed E-state index contributed by atoms with van der Waals surface area (Å²) in [5, 5.41) is 0. The molecule has 15 heavy (non-hydrogen) atoms. The Balaban J connectivity index is 1.61. The van der Waals surface area contributed by atoms with E-state index in [1.807, 2.05) is 0 Å². The third kappa shape index (κ3) is 3.36. The minimum atomic E-state index is 0.586. The van der Waals surface area contributed by atoms with Crippen molar-refractivity contribution in [2.24, 2.45) is 5.41 Å². The van der Waals surface area contributed by atoms with Gasteiger partial charge in [-0.05, 0) is 57.0 Å². The number of rotatable bonds is 6. The summed E-state index contributed by atoms with van der Waals surface area (Å²) in [5.41, 5.74) is 0.586. The molecule has 1 aliphatic carbocycles. The monoisotopic (exact) mass is 228 g/mol. The van der Waals surface area contributed by atoms with E-state index < -0.39 is 0 Å². The van der Waals surface area contributed by atoms with E-state index in [4.69, 9.17) is 0 Å². The van der Waals surface area contributed by atoms with Crippen LogP contribution in [0.4, 0.5) is 0 Å². The van der Waals surface area contributed by atoms with Crippen LogP contribution in [0, 0.1) is 5.41 Å². The Hall–Kier alpha value is 0.270. The van der Waals surface area contributed by atoms with Crippen molar-refractivity contribution in [3.05, 3.63) is 0 Å². The number of hydrogen-bond acceptors (Lipinski definition) is 3. The summed E-state index contributed by atoms with van der Waals surface area (Å²) in [6.07, 6.45) is 5.60. The molecule has 2 aliphatic rings. The Morgan fingerprint density at radius 3 is 2.47 bits per heavy atom. The van der Waals surface area contributed by atoms with Crippen LogP contribution in [0.25, 0.3) is 0 Å². The molecule has 0 atom stereocenters. The van der Waals surface area contributed by atoms with Gasteiger partial charge in [0.15, 0.2) is 0 Å². The van der Waals surface area contributed by atoms with Crippen LogP contribution >= 0.6 is 12.6 Å². The lowest BCUT2D eigenvalue weighted by molar-refractivity contribution is 0.230. The Morgan fingerprint density at radius 2 is 1.93 bits per heavy atom. The average Bonchev–Trinajstić information content (AvgIpc) is 2.80. The molecule has 0 amide bonds. The van der Waals surface area contributed by atoms with Gasteiger partial charge in [-0.2, -0.15) is 12.6 Å². The lowest BCUT2D eigenvalue weighted by Crippen LogP contribution is -2.35. The molecule has 0 aromatic heterocycles. The normalized spacial score (nSPS) is 25.0. The van der Waals surface area contributed by atoms with Crippen LogP contribution in [0.15, 0.2) is 0 Å². The zero-order chi connectivity index (χ0) is 10.7. The first-order valence-electron chi connectivity index (χ1n) is 6.26. The first-order valence-corrected chi connectivity index (χ1v) is 6.89. The lowest BCUT2D eigenvalue weighted by Gasteiger charge is -2.24. The zero-order valence-electron chi connectivity index (χ0n) is 9.91. The molecule has 3 heteroatoms. The van der Waals surface area contributed by atoms with Crippen LogP contribution in [-0.4, -0.2) is 55.3 Å². The van der Waals surface area contributed by atoms with Gasteiger partial charge >= 0.3 is 0 Å². The minimum absolute atomic E-state index is 0.586. The van der Waals surface area contributed by atoms with Gasteiger partial charge in [-0.15, -0.1) is 0 Å². The molecule has 0 N–H and O–H groups in total. The number of thiol groups is 1. The maximum Gasteiger partial charge on any atom is 0.0109 e. The maximum absolute atomic E-state index is 4.46. The first-order chi connectivity index (χ1) is 7.24. The van der Waals surface area contributed by atoms with E-state index in [2.05, 4.69) is 29.5 Å². The summed E-state index contributed by atoms with van der Waals surface area (Å²) >= 11 is 4.46. The van der Waals surface area contributed by atoms with E-state index in [1.165, 1.54) is 58.4 Å². The summed E-state index contributed by atoms with van der Waals surface area (Å²) in [6.45, 7) is 6.40. The molecule has 1 heterocycles. The molecule has 2 rings (SSSR count). The molecule has 0 spiro atoms. The van der Waals surface area contributed by atoms with E-state index in [0.717, 1.165) is 5.75 Å². The highest BCUT2D eigenvalue weighted by Crippen LogP contribution is 2.46. The van der Waals surface area contributed by atoms with Crippen molar-refractivity contribution in [2.45, 2.75) is 25.7 Å². The zero-order valence-corrected chi connectivity index (χ0v) is 10.8. The standard InChI is InChI=1S/C12H24N2S/c1-13(10-12(11-15)4-5-12)8-9-14-6-2-3-7-14/h15H,2-11H2,1H3. The third-order valence-corrected chi connectivity index (χ3v) is 4.57. The number of likely N-dealkylation sites (N-methyl/N-ethyl adjacent to an activating group) is 1. The van der Waals surface area contributed by atoms with E-state index in [0.29, 0.717) is 5.41 Å². The third-order valence-electron chi connectivity index (χ3n) is 3.89. The van der Waals surface area contributed by atoms with Crippen molar-refractivity contribution in [3.8, 4) is 0 Å². The highest BCUT2D eigenvalue weighted by Gasteiger charge is 2.41. The van der Waals surface area contributed by atoms with Gasteiger partial charge in [0.25, 0.3) is 0 Å². The van der Waals surface area contributed by atoms with E-state index in [1.54, 1.807) is 0 Å². The van der Waals surface area contributed by atoms with Gasteiger partial charge in [0.2, 0.25) is 0 Å². The average molecular weight is 228 g/mol. The van der Waals surface area contributed by atoms with Crippen LogP contribution in [-0.2, 0) is 0 Å². The molecule has 88 valence electrons. The van der Waals surface area contributed by atoms with Crippen molar-refractivity contribution in [1.29, 1.82) is 0 Å². The van der Waals surface area contributed by atoms with Gasteiger partial charge in [0.1, 0.15) is 0 Å². The Labute approximate surface area is 99.4 Å². The highest BCUT2D eigenvalue weighted by atomic mass is 32.1. The number of hydrogen-bond donors (Lipinski definition) is 1. The van der Waals surface area contributed by atoms with Crippen LogP contribution in [0.3, 0.4) is 0 Å². The molecule has 2 fully saturated rings. The fraction of sp³-hybridized carbons (Fsp3) is 1.00. The van der Waals surface area contributed by atoms with Gasteiger partial charge in [0, 0.05) is 19.6 Å². The molecule has 0 bridgehead atoms. The fourth-order valence-electron chi connectivity index (χ4n) is 2.51. The Bertz CT molecular complexity index is 198. The van der Waals surface area contributed by atoms with Gasteiger partial charge in [0.05, 0.1) is 0 Å². The summed E-state index contributed by atoms with van der Waals surface area (Å²) in [7, 11) is 2.26. The summed E-state index contributed by atoms with van der Waals surface area (Å²) in [6, 6.07) is 0. The summed E-state index contributed by atoms with van der Waals surface area (Å²) < 4.78 is 0.